The number of hydrogen-bond donors (Lipinski definition) is 1. The minimum atomic E-state index is 0.109. The van der Waals surface area contributed by atoms with Gasteiger partial charge in [0.25, 0.3) is 0 Å². The van der Waals surface area contributed by atoms with Crippen molar-refractivity contribution in [3.05, 3.63) is 52.2 Å². The first-order chi connectivity index (χ1) is 9.81. The quantitative estimate of drug-likeness (QED) is 0.823. The highest BCUT2D eigenvalue weighted by Crippen LogP contribution is 2.28. The smallest absolute Gasteiger partial charge is 0.120 e. The molecule has 1 aliphatic carbocycles. The fraction of sp³-hybridized carbons (Fsp3) is 0.412. The molecule has 1 fully saturated rings. The molecule has 2 N–H and O–H groups in total. The van der Waals surface area contributed by atoms with Crippen LogP contribution in [-0.2, 0) is 6.42 Å². The molecule has 1 saturated carbocycles. The van der Waals surface area contributed by atoms with Crippen LogP contribution < -0.4 is 10.5 Å². The lowest BCUT2D eigenvalue weighted by Crippen LogP contribution is -2.10. The van der Waals surface area contributed by atoms with Crippen molar-refractivity contribution in [2.75, 3.05) is 0 Å². The van der Waals surface area contributed by atoms with Crippen LogP contribution in [-0.4, -0.2) is 6.10 Å². The van der Waals surface area contributed by atoms with Gasteiger partial charge < -0.3 is 10.5 Å². The number of ether oxygens (including phenoxy) is 1. The van der Waals surface area contributed by atoms with Crippen molar-refractivity contribution in [1.82, 2.24) is 0 Å². The zero-order valence-electron chi connectivity index (χ0n) is 11.6. The lowest BCUT2D eigenvalue weighted by atomic mass is 10.0. The predicted octanol–water partition coefficient (Wildman–Crippen LogP) is 4.31. The molecule has 3 rings (SSSR count). The van der Waals surface area contributed by atoms with Crippen molar-refractivity contribution in [2.24, 2.45) is 5.73 Å². The zero-order valence-corrected chi connectivity index (χ0v) is 12.4. The number of thiophene rings is 1. The lowest BCUT2D eigenvalue weighted by Gasteiger charge is -2.13. The maximum absolute atomic E-state index is 6.30. The highest BCUT2D eigenvalue weighted by Gasteiger charge is 2.23. The average molecular weight is 287 g/mol. The SMILES string of the molecule is NC(CCCc1cccs1)c1cccc(OC2CC2)c1. The molecule has 1 aromatic heterocycles. The number of rotatable bonds is 7. The van der Waals surface area contributed by atoms with Gasteiger partial charge in [-0.25, -0.2) is 0 Å². The molecule has 0 aliphatic heterocycles. The van der Waals surface area contributed by atoms with E-state index in [1.165, 1.54) is 23.3 Å². The van der Waals surface area contributed by atoms with Crippen LogP contribution in [0.15, 0.2) is 41.8 Å². The van der Waals surface area contributed by atoms with Crippen LogP contribution >= 0.6 is 11.3 Å². The molecule has 0 saturated heterocycles. The summed E-state index contributed by atoms with van der Waals surface area (Å²) in [6, 6.07) is 12.7. The third-order valence-corrected chi connectivity index (χ3v) is 4.57. The van der Waals surface area contributed by atoms with Gasteiger partial charge in [-0.05, 0) is 61.2 Å². The molecule has 1 aromatic carbocycles. The van der Waals surface area contributed by atoms with E-state index in [1.54, 1.807) is 0 Å². The van der Waals surface area contributed by atoms with E-state index >= 15 is 0 Å². The Bertz CT molecular complexity index is 534. The van der Waals surface area contributed by atoms with Crippen LogP contribution in [0.1, 0.15) is 42.2 Å². The third-order valence-electron chi connectivity index (χ3n) is 3.63. The molecule has 1 unspecified atom stereocenters. The fourth-order valence-corrected chi connectivity index (χ4v) is 3.07. The van der Waals surface area contributed by atoms with Gasteiger partial charge in [0.1, 0.15) is 5.75 Å². The Hall–Kier alpha value is -1.32. The van der Waals surface area contributed by atoms with Gasteiger partial charge in [0.05, 0.1) is 6.10 Å². The molecule has 0 radical (unpaired) electrons. The molecule has 2 aromatic rings. The number of benzene rings is 1. The minimum Gasteiger partial charge on any atom is -0.490 e. The molecule has 2 nitrogen and oxygen atoms in total. The van der Waals surface area contributed by atoms with Crippen molar-refractivity contribution in [3.8, 4) is 5.75 Å². The minimum absolute atomic E-state index is 0.109. The Morgan fingerprint density at radius 1 is 1.25 bits per heavy atom. The topological polar surface area (TPSA) is 35.2 Å². The lowest BCUT2D eigenvalue weighted by molar-refractivity contribution is 0.302. The summed E-state index contributed by atoms with van der Waals surface area (Å²) in [5.41, 5.74) is 7.49. The van der Waals surface area contributed by atoms with E-state index in [9.17, 15) is 0 Å². The highest BCUT2D eigenvalue weighted by atomic mass is 32.1. The van der Waals surface area contributed by atoms with E-state index in [4.69, 9.17) is 10.5 Å². The molecule has 1 aliphatic rings. The second-order valence-electron chi connectivity index (χ2n) is 5.47. The van der Waals surface area contributed by atoms with E-state index in [0.717, 1.165) is 25.0 Å². The van der Waals surface area contributed by atoms with Gasteiger partial charge in [-0.1, -0.05) is 18.2 Å². The van der Waals surface area contributed by atoms with E-state index in [2.05, 4.69) is 29.6 Å². The molecule has 106 valence electrons. The number of nitrogens with two attached hydrogens (primary N) is 1. The summed E-state index contributed by atoms with van der Waals surface area (Å²) in [5, 5.41) is 2.13. The van der Waals surface area contributed by atoms with Crippen molar-refractivity contribution in [2.45, 2.75) is 44.2 Å². The van der Waals surface area contributed by atoms with Crippen molar-refractivity contribution >= 4 is 11.3 Å². The Morgan fingerprint density at radius 3 is 2.90 bits per heavy atom. The first-order valence-electron chi connectivity index (χ1n) is 7.36. The summed E-state index contributed by atoms with van der Waals surface area (Å²) in [6.07, 6.45) is 6.11. The molecule has 0 spiro atoms. The van der Waals surface area contributed by atoms with Gasteiger partial charge in [0, 0.05) is 10.9 Å². The number of hydrogen-bond acceptors (Lipinski definition) is 3. The molecular formula is C17H21NOS. The third kappa shape index (κ3) is 3.84. The van der Waals surface area contributed by atoms with Crippen LogP contribution in [0.25, 0.3) is 0 Å². The Labute approximate surface area is 124 Å². The maximum atomic E-state index is 6.30. The first-order valence-corrected chi connectivity index (χ1v) is 8.24. The standard InChI is InChI=1S/C17H21NOS/c18-17(8-2-6-16-7-3-11-20-16)13-4-1-5-15(12-13)19-14-9-10-14/h1,3-5,7,11-12,14,17H,2,6,8-10,18H2. The zero-order chi connectivity index (χ0) is 13.8. The fourth-order valence-electron chi connectivity index (χ4n) is 2.31. The van der Waals surface area contributed by atoms with Gasteiger partial charge in [0.15, 0.2) is 0 Å². The summed E-state index contributed by atoms with van der Waals surface area (Å²) >= 11 is 1.83. The van der Waals surface area contributed by atoms with Crippen LogP contribution in [0.3, 0.4) is 0 Å². The first kappa shape index (κ1) is 13.7. The van der Waals surface area contributed by atoms with Crippen LogP contribution in [0.5, 0.6) is 5.75 Å². The summed E-state index contributed by atoms with van der Waals surface area (Å²) < 4.78 is 5.83. The van der Waals surface area contributed by atoms with Gasteiger partial charge in [0.2, 0.25) is 0 Å². The summed E-state index contributed by atoms with van der Waals surface area (Å²) in [6.45, 7) is 0. The average Bonchev–Trinajstić information content (AvgIpc) is 3.12. The summed E-state index contributed by atoms with van der Waals surface area (Å²) in [7, 11) is 0. The monoisotopic (exact) mass is 287 g/mol. The van der Waals surface area contributed by atoms with Crippen LogP contribution in [0.4, 0.5) is 0 Å². The summed E-state index contributed by atoms with van der Waals surface area (Å²) in [5.74, 6) is 0.971. The predicted molar refractivity (Wildman–Crippen MR) is 84.3 cm³/mol. The normalized spacial score (nSPS) is 16.1. The van der Waals surface area contributed by atoms with Crippen LogP contribution in [0, 0.1) is 0 Å². The van der Waals surface area contributed by atoms with Crippen LogP contribution in [0.2, 0.25) is 0 Å². The largest absolute Gasteiger partial charge is 0.490 e. The van der Waals surface area contributed by atoms with E-state index in [1.807, 2.05) is 23.5 Å². The van der Waals surface area contributed by atoms with Crippen molar-refractivity contribution < 1.29 is 4.74 Å². The Kier molecular flexibility index (Phi) is 4.38. The molecule has 0 amide bonds. The van der Waals surface area contributed by atoms with Gasteiger partial charge in [-0.2, -0.15) is 0 Å². The Balaban J connectivity index is 1.51. The molecule has 1 heterocycles. The molecular weight excluding hydrogens is 266 g/mol. The second kappa shape index (κ2) is 6.42. The highest BCUT2D eigenvalue weighted by molar-refractivity contribution is 7.09. The van der Waals surface area contributed by atoms with Gasteiger partial charge in [-0.3, -0.25) is 0 Å². The van der Waals surface area contributed by atoms with Gasteiger partial charge >= 0.3 is 0 Å². The maximum Gasteiger partial charge on any atom is 0.120 e. The van der Waals surface area contributed by atoms with E-state index in [-0.39, 0.29) is 6.04 Å². The van der Waals surface area contributed by atoms with E-state index in [0.29, 0.717) is 6.10 Å². The second-order valence-corrected chi connectivity index (χ2v) is 6.50. The molecule has 1 atom stereocenters. The summed E-state index contributed by atoms with van der Waals surface area (Å²) in [4.78, 5) is 1.45. The van der Waals surface area contributed by atoms with Gasteiger partial charge in [-0.15, -0.1) is 11.3 Å². The number of aryl methyl sites for hydroxylation is 1. The van der Waals surface area contributed by atoms with Crippen molar-refractivity contribution in [3.63, 3.8) is 0 Å². The van der Waals surface area contributed by atoms with E-state index < -0.39 is 0 Å². The molecule has 20 heavy (non-hydrogen) atoms. The Morgan fingerprint density at radius 2 is 2.15 bits per heavy atom. The molecule has 0 bridgehead atoms. The molecule has 3 heteroatoms. The van der Waals surface area contributed by atoms with Crippen molar-refractivity contribution in [1.29, 1.82) is 0 Å².